The van der Waals surface area contributed by atoms with Crippen LogP contribution in [-0.4, -0.2) is 15.0 Å². The smallest absolute Gasteiger partial charge is 0.262 e. The van der Waals surface area contributed by atoms with Crippen LogP contribution in [0, 0.1) is 6.92 Å². The van der Waals surface area contributed by atoms with E-state index in [0.29, 0.717) is 11.0 Å². The van der Waals surface area contributed by atoms with Gasteiger partial charge in [0.05, 0.1) is 5.39 Å². The molecule has 0 atom stereocenters. The molecule has 2 aromatic rings. The second kappa shape index (κ2) is 3.95. The summed E-state index contributed by atoms with van der Waals surface area (Å²) >= 11 is 0. The number of nitrogens with zero attached hydrogens (tertiary/aromatic N) is 1. The second-order valence-electron chi connectivity index (χ2n) is 2.65. The lowest BCUT2D eigenvalue weighted by Crippen LogP contribution is -2.10. The quantitative estimate of drug-likeness (QED) is 0.588. The van der Waals surface area contributed by atoms with Gasteiger partial charge in [0.15, 0.2) is 0 Å². The highest BCUT2D eigenvalue weighted by Gasteiger charge is 2.05. The van der Waals surface area contributed by atoms with E-state index in [1.54, 1.807) is 6.20 Å². The van der Waals surface area contributed by atoms with Gasteiger partial charge in [-0.15, -0.1) is 0 Å². The molecule has 0 saturated carbocycles. The fourth-order valence-corrected chi connectivity index (χ4v) is 1.21. The highest BCUT2D eigenvalue weighted by molar-refractivity contribution is 5.78. The van der Waals surface area contributed by atoms with Crippen LogP contribution in [0.25, 0.3) is 11.0 Å². The molecule has 0 saturated heterocycles. The number of fused-ring (bicyclic) bond motifs is 1. The van der Waals surface area contributed by atoms with Gasteiger partial charge in [-0.05, 0) is 12.5 Å². The van der Waals surface area contributed by atoms with Crippen LogP contribution in [0.4, 0.5) is 5.95 Å². The van der Waals surface area contributed by atoms with Gasteiger partial charge >= 0.3 is 0 Å². The molecule has 14 heavy (non-hydrogen) atoms. The maximum atomic E-state index is 11.3. The van der Waals surface area contributed by atoms with E-state index in [-0.39, 0.29) is 11.5 Å². The van der Waals surface area contributed by atoms with E-state index in [0.717, 1.165) is 5.56 Å². The van der Waals surface area contributed by atoms with Crippen LogP contribution in [-0.2, 0) is 0 Å². The van der Waals surface area contributed by atoms with Crippen LogP contribution < -0.4 is 11.3 Å². The van der Waals surface area contributed by atoms with E-state index in [2.05, 4.69) is 15.0 Å². The van der Waals surface area contributed by atoms with E-state index in [1.165, 1.54) is 0 Å². The summed E-state index contributed by atoms with van der Waals surface area (Å²) in [5.74, 6) is 0.134. The molecule has 0 aromatic carbocycles. The zero-order valence-electron chi connectivity index (χ0n) is 8.51. The first-order chi connectivity index (χ1) is 6.68. The number of hydrogen-bond acceptors (Lipinski definition) is 3. The van der Waals surface area contributed by atoms with Crippen LogP contribution in [0.5, 0.6) is 0 Å². The van der Waals surface area contributed by atoms with E-state index in [4.69, 9.17) is 5.73 Å². The largest absolute Gasteiger partial charge is 0.369 e. The Kier molecular flexibility index (Phi) is 2.91. The van der Waals surface area contributed by atoms with Gasteiger partial charge in [0.2, 0.25) is 5.95 Å². The van der Waals surface area contributed by atoms with Crippen molar-refractivity contribution in [1.29, 1.82) is 0 Å². The average Bonchev–Trinajstić information content (AvgIpc) is 2.51. The van der Waals surface area contributed by atoms with Gasteiger partial charge in [0.25, 0.3) is 5.56 Å². The van der Waals surface area contributed by atoms with Crippen LogP contribution in [0.3, 0.4) is 0 Å². The average molecular weight is 194 g/mol. The summed E-state index contributed by atoms with van der Waals surface area (Å²) in [7, 11) is 0. The first-order valence-corrected chi connectivity index (χ1v) is 4.52. The third-order valence-corrected chi connectivity index (χ3v) is 1.76. The van der Waals surface area contributed by atoms with Crippen molar-refractivity contribution in [2.24, 2.45) is 0 Å². The van der Waals surface area contributed by atoms with Gasteiger partial charge in [0, 0.05) is 6.20 Å². The minimum atomic E-state index is -0.198. The topological polar surface area (TPSA) is 87.6 Å². The maximum Gasteiger partial charge on any atom is 0.262 e. The molecule has 2 aromatic heterocycles. The lowest BCUT2D eigenvalue weighted by atomic mass is 10.3. The van der Waals surface area contributed by atoms with Crippen LogP contribution >= 0.6 is 0 Å². The van der Waals surface area contributed by atoms with E-state index in [9.17, 15) is 4.79 Å². The number of rotatable bonds is 0. The molecule has 76 valence electrons. The Balaban J connectivity index is 0.000000461. The monoisotopic (exact) mass is 194 g/mol. The first kappa shape index (κ1) is 10.3. The Morgan fingerprint density at radius 3 is 2.71 bits per heavy atom. The highest BCUT2D eigenvalue weighted by Crippen LogP contribution is 2.09. The molecule has 4 N–H and O–H groups in total. The molecule has 0 aliphatic carbocycles. The van der Waals surface area contributed by atoms with Crippen molar-refractivity contribution in [3.63, 3.8) is 0 Å². The standard InChI is InChI=1S/C7H8N4O.C2H6/c1-3-2-9-5-4(3)6(12)11-7(8)10-5;1-2/h2H,1H3,(H4,8,9,10,11,12);1-2H3. The summed E-state index contributed by atoms with van der Waals surface area (Å²) in [6, 6.07) is 0. The Morgan fingerprint density at radius 1 is 1.43 bits per heavy atom. The predicted octanol–water partition coefficient (Wildman–Crippen LogP) is 1.17. The number of aryl methyl sites for hydroxylation is 1. The van der Waals surface area contributed by atoms with Gasteiger partial charge in [-0.25, -0.2) is 0 Å². The van der Waals surface area contributed by atoms with Crippen molar-refractivity contribution in [2.45, 2.75) is 20.8 Å². The van der Waals surface area contributed by atoms with Crippen LogP contribution in [0.1, 0.15) is 19.4 Å². The lowest BCUT2D eigenvalue weighted by Gasteiger charge is -1.92. The minimum Gasteiger partial charge on any atom is -0.369 e. The molecule has 0 unspecified atom stereocenters. The summed E-state index contributed by atoms with van der Waals surface area (Å²) in [6.07, 6.45) is 1.73. The van der Waals surface area contributed by atoms with Gasteiger partial charge in [0.1, 0.15) is 5.65 Å². The third-order valence-electron chi connectivity index (χ3n) is 1.76. The summed E-state index contributed by atoms with van der Waals surface area (Å²) in [6.45, 7) is 5.84. The normalized spacial score (nSPS) is 9.64. The Bertz CT molecular complexity index is 483. The molecule has 0 amide bonds. The minimum absolute atomic E-state index is 0.134. The van der Waals surface area contributed by atoms with Crippen molar-refractivity contribution in [2.75, 3.05) is 5.73 Å². The number of nitrogens with two attached hydrogens (primary N) is 1. The number of hydrogen-bond donors (Lipinski definition) is 3. The lowest BCUT2D eigenvalue weighted by molar-refractivity contribution is 1.17. The summed E-state index contributed by atoms with van der Waals surface area (Å²) in [5.41, 5.74) is 6.56. The molecular weight excluding hydrogens is 180 g/mol. The Labute approximate surface area is 81.4 Å². The number of aromatic nitrogens is 3. The fourth-order valence-electron chi connectivity index (χ4n) is 1.21. The molecule has 0 spiro atoms. The van der Waals surface area contributed by atoms with E-state index < -0.39 is 0 Å². The van der Waals surface area contributed by atoms with E-state index >= 15 is 0 Å². The molecule has 5 heteroatoms. The van der Waals surface area contributed by atoms with Crippen molar-refractivity contribution in [3.8, 4) is 0 Å². The molecular formula is C9H14N4O. The zero-order valence-corrected chi connectivity index (χ0v) is 8.51. The van der Waals surface area contributed by atoms with Crippen LogP contribution in [0.15, 0.2) is 11.0 Å². The number of aromatic amines is 2. The van der Waals surface area contributed by atoms with Crippen molar-refractivity contribution < 1.29 is 0 Å². The number of H-pyrrole nitrogens is 2. The van der Waals surface area contributed by atoms with Gasteiger partial charge < -0.3 is 10.7 Å². The SMILES string of the molecule is CC.Cc1c[nH]c2nc(N)[nH]c(=O)c12. The molecule has 0 aliphatic heterocycles. The number of nitrogen functional groups attached to an aromatic ring is 1. The Morgan fingerprint density at radius 2 is 2.07 bits per heavy atom. The molecule has 0 fully saturated rings. The number of anilines is 1. The fraction of sp³-hybridized carbons (Fsp3) is 0.333. The van der Waals surface area contributed by atoms with Gasteiger partial charge in [-0.1, -0.05) is 13.8 Å². The molecule has 0 radical (unpaired) electrons. The van der Waals surface area contributed by atoms with Gasteiger partial charge in [-0.2, -0.15) is 4.98 Å². The van der Waals surface area contributed by atoms with Crippen LogP contribution in [0.2, 0.25) is 0 Å². The molecule has 2 heterocycles. The second-order valence-corrected chi connectivity index (χ2v) is 2.65. The highest BCUT2D eigenvalue weighted by atomic mass is 16.1. The molecule has 0 aliphatic rings. The predicted molar refractivity (Wildman–Crippen MR) is 57.2 cm³/mol. The number of nitrogens with one attached hydrogen (secondary N) is 2. The summed E-state index contributed by atoms with van der Waals surface area (Å²) in [5, 5.41) is 0.573. The summed E-state index contributed by atoms with van der Waals surface area (Å²) < 4.78 is 0. The maximum absolute atomic E-state index is 11.3. The first-order valence-electron chi connectivity index (χ1n) is 4.52. The Hall–Kier alpha value is -1.78. The van der Waals surface area contributed by atoms with E-state index in [1.807, 2.05) is 20.8 Å². The van der Waals surface area contributed by atoms with Gasteiger partial charge in [-0.3, -0.25) is 9.78 Å². The molecule has 2 rings (SSSR count). The van der Waals surface area contributed by atoms with Crippen molar-refractivity contribution in [1.82, 2.24) is 15.0 Å². The van der Waals surface area contributed by atoms with Crippen molar-refractivity contribution >= 4 is 17.0 Å². The molecule has 0 bridgehead atoms. The third kappa shape index (κ3) is 1.61. The molecule has 5 nitrogen and oxygen atoms in total. The summed E-state index contributed by atoms with van der Waals surface area (Å²) in [4.78, 5) is 20.5. The zero-order chi connectivity index (χ0) is 10.7. The van der Waals surface area contributed by atoms with Crippen molar-refractivity contribution in [3.05, 3.63) is 22.1 Å².